The largest absolute Gasteiger partial charge is 0.484 e. The van der Waals surface area contributed by atoms with Gasteiger partial charge in [-0.05, 0) is 24.5 Å². The van der Waals surface area contributed by atoms with Crippen molar-refractivity contribution in [3.05, 3.63) is 24.3 Å². The lowest BCUT2D eigenvalue weighted by atomic mass is 10.1. The molecule has 0 bridgehead atoms. The molecule has 0 spiro atoms. The number of ether oxygens (including phenoxy) is 1. The Morgan fingerprint density at radius 1 is 1.50 bits per heavy atom. The van der Waals surface area contributed by atoms with Gasteiger partial charge < -0.3 is 15.8 Å². The van der Waals surface area contributed by atoms with Gasteiger partial charge in [-0.1, -0.05) is 26.3 Å². The molecule has 0 saturated heterocycles. The van der Waals surface area contributed by atoms with E-state index in [9.17, 15) is 4.79 Å². The molecule has 0 aliphatic heterocycles. The summed E-state index contributed by atoms with van der Waals surface area (Å²) in [5, 5.41) is 3.36. The minimum Gasteiger partial charge on any atom is -0.484 e. The van der Waals surface area contributed by atoms with Crippen molar-refractivity contribution < 1.29 is 9.53 Å². The Kier molecular flexibility index (Phi) is 6.05. The van der Waals surface area contributed by atoms with Crippen molar-refractivity contribution in [2.45, 2.75) is 26.7 Å². The third-order valence-corrected chi connectivity index (χ3v) is 2.65. The molecule has 0 fully saturated rings. The first-order chi connectivity index (χ1) is 8.61. The fourth-order valence-corrected chi connectivity index (χ4v) is 1.74. The summed E-state index contributed by atoms with van der Waals surface area (Å²) in [5.74, 6) is 0.831. The summed E-state index contributed by atoms with van der Waals surface area (Å²) in [4.78, 5) is 10.6. The number of hydrogen-bond acceptors (Lipinski definition) is 3. The molecule has 0 heterocycles. The summed E-state index contributed by atoms with van der Waals surface area (Å²) < 4.78 is 5.25. The smallest absolute Gasteiger partial charge is 0.255 e. The van der Waals surface area contributed by atoms with Crippen molar-refractivity contribution in [3.8, 4) is 5.75 Å². The maximum Gasteiger partial charge on any atom is 0.255 e. The highest BCUT2D eigenvalue weighted by Gasteiger charge is 2.02. The van der Waals surface area contributed by atoms with Gasteiger partial charge in [0.25, 0.3) is 5.91 Å². The first kappa shape index (κ1) is 14.4. The van der Waals surface area contributed by atoms with E-state index in [2.05, 4.69) is 19.2 Å². The Balaban J connectivity index is 2.46. The molecule has 0 saturated carbocycles. The number of benzene rings is 1. The van der Waals surface area contributed by atoms with Gasteiger partial charge >= 0.3 is 0 Å². The van der Waals surface area contributed by atoms with Gasteiger partial charge in [-0.25, -0.2) is 0 Å². The van der Waals surface area contributed by atoms with Crippen molar-refractivity contribution in [2.75, 3.05) is 18.5 Å². The average Bonchev–Trinajstić information content (AvgIpc) is 2.35. The van der Waals surface area contributed by atoms with Gasteiger partial charge in [0.1, 0.15) is 5.75 Å². The summed E-state index contributed by atoms with van der Waals surface area (Å²) in [6.45, 7) is 5.27. The Bertz CT molecular complexity index is 380. The molecule has 1 atom stereocenters. The molecule has 18 heavy (non-hydrogen) atoms. The third kappa shape index (κ3) is 5.57. The second-order valence-electron chi connectivity index (χ2n) is 4.56. The molecule has 3 N–H and O–H groups in total. The number of rotatable bonds is 8. The molecule has 1 rings (SSSR count). The highest BCUT2D eigenvalue weighted by molar-refractivity contribution is 5.75. The van der Waals surface area contributed by atoms with E-state index in [0.717, 1.165) is 12.2 Å². The first-order valence-corrected chi connectivity index (χ1v) is 6.37. The van der Waals surface area contributed by atoms with Gasteiger partial charge in [0, 0.05) is 18.3 Å². The molecule has 1 unspecified atom stereocenters. The van der Waals surface area contributed by atoms with Crippen LogP contribution in [0.4, 0.5) is 5.69 Å². The lowest BCUT2D eigenvalue weighted by molar-refractivity contribution is -0.119. The van der Waals surface area contributed by atoms with Crippen LogP contribution in [0.3, 0.4) is 0 Å². The van der Waals surface area contributed by atoms with Crippen LogP contribution in [0, 0.1) is 5.92 Å². The number of primary amides is 1. The van der Waals surface area contributed by atoms with Crippen LogP contribution in [0.5, 0.6) is 5.75 Å². The van der Waals surface area contributed by atoms with E-state index in [1.165, 1.54) is 12.8 Å². The molecule has 100 valence electrons. The van der Waals surface area contributed by atoms with E-state index in [-0.39, 0.29) is 6.61 Å². The fourth-order valence-electron chi connectivity index (χ4n) is 1.74. The lowest BCUT2D eigenvalue weighted by Gasteiger charge is -2.13. The van der Waals surface area contributed by atoms with Gasteiger partial charge in [-0.15, -0.1) is 0 Å². The minimum atomic E-state index is -0.468. The second kappa shape index (κ2) is 7.58. The molecule has 0 aliphatic carbocycles. The van der Waals surface area contributed by atoms with Crippen LogP contribution in [0.25, 0.3) is 0 Å². The topological polar surface area (TPSA) is 64.3 Å². The van der Waals surface area contributed by atoms with Crippen LogP contribution >= 0.6 is 0 Å². The summed E-state index contributed by atoms with van der Waals surface area (Å²) in [5.41, 5.74) is 6.03. The monoisotopic (exact) mass is 250 g/mol. The Hall–Kier alpha value is -1.71. The number of amides is 1. The highest BCUT2D eigenvalue weighted by Crippen LogP contribution is 2.18. The van der Waals surface area contributed by atoms with E-state index in [1.54, 1.807) is 0 Å². The molecule has 0 aliphatic rings. The lowest BCUT2D eigenvalue weighted by Crippen LogP contribution is -2.20. The van der Waals surface area contributed by atoms with Crippen molar-refractivity contribution in [2.24, 2.45) is 11.7 Å². The number of nitrogens with one attached hydrogen (secondary N) is 1. The predicted octanol–water partition coefficient (Wildman–Crippen LogP) is 2.40. The van der Waals surface area contributed by atoms with Gasteiger partial charge in [0.2, 0.25) is 0 Å². The summed E-state index contributed by atoms with van der Waals surface area (Å²) in [7, 11) is 0. The van der Waals surface area contributed by atoms with Crippen LogP contribution in [0.2, 0.25) is 0 Å². The third-order valence-electron chi connectivity index (χ3n) is 2.65. The van der Waals surface area contributed by atoms with Crippen LogP contribution in [0.15, 0.2) is 24.3 Å². The highest BCUT2D eigenvalue weighted by atomic mass is 16.5. The zero-order chi connectivity index (χ0) is 13.4. The normalized spacial score (nSPS) is 11.9. The molecule has 1 aromatic carbocycles. The summed E-state index contributed by atoms with van der Waals surface area (Å²) in [6, 6.07) is 7.56. The van der Waals surface area contributed by atoms with Gasteiger partial charge in [0.05, 0.1) is 0 Å². The summed E-state index contributed by atoms with van der Waals surface area (Å²) >= 11 is 0. The van der Waals surface area contributed by atoms with Gasteiger partial charge in [0.15, 0.2) is 6.61 Å². The van der Waals surface area contributed by atoms with Gasteiger partial charge in [-0.2, -0.15) is 0 Å². The zero-order valence-electron chi connectivity index (χ0n) is 11.1. The molecular weight excluding hydrogens is 228 g/mol. The number of anilines is 1. The average molecular weight is 250 g/mol. The molecule has 1 amide bonds. The molecule has 4 nitrogen and oxygen atoms in total. The number of carbonyl (C=O) groups is 1. The molecule has 0 radical (unpaired) electrons. The van der Waals surface area contributed by atoms with E-state index >= 15 is 0 Å². The van der Waals surface area contributed by atoms with E-state index in [1.807, 2.05) is 24.3 Å². The van der Waals surface area contributed by atoms with Crippen LogP contribution < -0.4 is 15.8 Å². The van der Waals surface area contributed by atoms with Crippen LogP contribution in [-0.4, -0.2) is 19.1 Å². The zero-order valence-corrected chi connectivity index (χ0v) is 11.1. The maximum absolute atomic E-state index is 10.6. The fraction of sp³-hybridized carbons (Fsp3) is 0.500. The Morgan fingerprint density at radius 3 is 2.94 bits per heavy atom. The van der Waals surface area contributed by atoms with Crippen molar-refractivity contribution in [1.29, 1.82) is 0 Å². The van der Waals surface area contributed by atoms with Crippen LogP contribution in [0.1, 0.15) is 26.7 Å². The predicted molar refractivity (Wildman–Crippen MR) is 73.7 cm³/mol. The number of carbonyl (C=O) groups excluding carboxylic acids is 1. The van der Waals surface area contributed by atoms with Crippen molar-refractivity contribution in [3.63, 3.8) is 0 Å². The van der Waals surface area contributed by atoms with E-state index in [4.69, 9.17) is 10.5 Å². The second-order valence-corrected chi connectivity index (χ2v) is 4.56. The molecule has 4 heteroatoms. The quantitative estimate of drug-likeness (QED) is 0.744. The molecule has 0 aromatic heterocycles. The standard InChI is InChI=1S/C14H22N2O2/c1-3-5-11(2)9-16-12-6-4-7-13(8-12)18-10-14(15)17/h4,6-8,11,16H,3,5,9-10H2,1-2H3,(H2,15,17). The van der Waals surface area contributed by atoms with E-state index < -0.39 is 5.91 Å². The molecular formula is C14H22N2O2. The molecule has 1 aromatic rings. The van der Waals surface area contributed by atoms with Crippen molar-refractivity contribution >= 4 is 11.6 Å². The minimum absolute atomic E-state index is 0.0876. The summed E-state index contributed by atoms with van der Waals surface area (Å²) in [6.07, 6.45) is 2.41. The van der Waals surface area contributed by atoms with Crippen molar-refractivity contribution in [1.82, 2.24) is 0 Å². The van der Waals surface area contributed by atoms with E-state index in [0.29, 0.717) is 11.7 Å². The SMILES string of the molecule is CCCC(C)CNc1cccc(OCC(N)=O)c1. The first-order valence-electron chi connectivity index (χ1n) is 6.37. The van der Waals surface area contributed by atoms with Crippen LogP contribution in [-0.2, 0) is 4.79 Å². The number of nitrogens with two attached hydrogens (primary N) is 1. The Labute approximate surface area is 109 Å². The maximum atomic E-state index is 10.6. The number of hydrogen-bond donors (Lipinski definition) is 2. The Morgan fingerprint density at radius 2 is 2.28 bits per heavy atom. The van der Waals surface area contributed by atoms with Gasteiger partial charge in [-0.3, -0.25) is 4.79 Å².